The Labute approximate surface area is 122 Å². The lowest BCUT2D eigenvalue weighted by molar-refractivity contribution is -0.123. The maximum atomic E-state index is 12.2. The van der Waals surface area contributed by atoms with Gasteiger partial charge in [0.1, 0.15) is 0 Å². The van der Waals surface area contributed by atoms with Crippen molar-refractivity contribution >= 4 is 5.91 Å². The van der Waals surface area contributed by atoms with E-state index in [9.17, 15) is 4.79 Å². The van der Waals surface area contributed by atoms with Crippen LogP contribution in [0.25, 0.3) is 0 Å². The van der Waals surface area contributed by atoms with Gasteiger partial charge in [0.2, 0.25) is 5.91 Å². The van der Waals surface area contributed by atoms with Crippen LogP contribution in [0.15, 0.2) is 0 Å². The van der Waals surface area contributed by atoms with Crippen molar-refractivity contribution in [2.75, 3.05) is 19.6 Å². The summed E-state index contributed by atoms with van der Waals surface area (Å²) >= 11 is 0. The first kappa shape index (κ1) is 14.3. The standard InChI is InChI=1S/C16H29N3O/c1-11(15-9-12-2-3-13(15)8-12)18-16(20)10-19-6-4-14(17)5-7-19/h11-15H,2-10,17H2,1H3,(H,18,20). The third-order valence-corrected chi connectivity index (χ3v) is 5.82. The molecule has 0 radical (unpaired) electrons. The Bertz CT molecular complexity index is 352. The highest BCUT2D eigenvalue weighted by Gasteiger charge is 2.42. The van der Waals surface area contributed by atoms with Crippen LogP contribution in [-0.2, 0) is 4.79 Å². The number of fused-ring (bicyclic) bond motifs is 2. The van der Waals surface area contributed by atoms with E-state index in [0.717, 1.165) is 43.7 Å². The largest absolute Gasteiger partial charge is 0.352 e. The van der Waals surface area contributed by atoms with E-state index in [0.29, 0.717) is 18.6 Å². The number of likely N-dealkylation sites (tertiary alicyclic amines) is 1. The second kappa shape index (κ2) is 6.02. The number of hydrogen-bond acceptors (Lipinski definition) is 3. The van der Waals surface area contributed by atoms with Crippen LogP contribution in [0.3, 0.4) is 0 Å². The minimum atomic E-state index is 0.204. The van der Waals surface area contributed by atoms with Crippen molar-refractivity contribution in [3.63, 3.8) is 0 Å². The molecule has 3 aliphatic rings. The number of nitrogens with two attached hydrogens (primary N) is 1. The summed E-state index contributed by atoms with van der Waals surface area (Å²) in [4.78, 5) is 14.4. The van der Waals surface area contributed by atoms with E-state index in [-0.39, 0.29) is 5.91 Å². The lowest BCUT2D eigenvalue weighted by atomic mass is 9.84. The van der Waals surface area contributed by atoms with E-state index < -0.39 is 0 Å². The number of carbonyl (C=O) groups is 1. The van der Waals surface area contributed by atoms with Crippen LogP contribution < -0.4 is 11.1 Å². The monoisotopic (exact) mass is 279 g/mol. The van der Waals surface area contributed by atoms with E-state index in [1.54, 1.807) is 0 Å². The molecule has 4 nitrogen and oxygen atoms in total. The normalized spacial score (nSPS) is 36.2. The Hall–Kier alpha value is -0.610. The summed E-state index contributed by atoms with van der Waals surface area (Å²) in [5.74, 6) is 2.76. The molecule has 4 unspecified atom stereocenters. The van der Waals surface area contributed by atoms with E-state index in [4.69, 9.17) is 5.73 Å². The molecule has 3 fully saturated rings. The van der Waals surface area contributed by atoms with Crippen LogP contribution in [0, 0.1) is 17.8 Å². The molecule has 1 aliphatic heterocycles. The average molecular weight is 279 g/mol. The average Bonchev–Trinajstić information content (AvgIpc) is 3.03. The molecular formula is C16H29N3O. The third kappa shape index (κ3) is 3.17. The lowest BCUT2D eigenvalue weighted by Gasteiger charge is -2.32. The van der Waals surface area contributed by atoms with Crippen LogP contribution in [0.4, 0.5) is 0 Å². The van der Waals surface area contributed by atoms with E-state index in [1.165, 1.54) is 25.7 Å². The number of piperidine rings is 1. The Morgan fingerprint density at radius 2 is 2.00 bits per heavy atom. The summed E-state index contributed by atoms with van der Waals surface area (Å²) in [6.07, 6.45) is 7.61. The molecule has 4 heteroatoms. The first-order valence-corrected chi connectivity index (χ1v) is 8.39. The maximum absolute atomic E-state index is 12.2. The van der Waals surface area contributed by atoms with Crippen molar-refractivity contribution in [3.8, 4) is 0 Å². The smallest absolute Gasteiger partial charge is 0.234 e. The van der Waals surface area contributed by atoms with Gasteiger partial charge in [0.15, 0.2) is 0 Å². The molecule has 3 N–H and O–H groups in total. The Balaban J connectivity index is 1.42. The lowest BCUT2D eigenvalue weighted by Crippen LogP contribution is -2.47. The quantitative estimate of drug-likeness (QED) is 0.817. The maximum Gasteiger partial charge on any atom is 0.234 e. The Morgan fingerprint density at radius 1 is 1.25 bits per heavy atom. The van der Waals surface area contributed by atoms with E-state index in [2.05, 4.69) is 17.1 Å². The van der Waals surface area contributed by atoms with Gasteiger partial charge in [-0.2, -0.15) is 0 Å². The number of nitrogens with zero attached hydrogens (tertiary/aromatic N) is 1. The molecular weight excluding hydrogens is 250 g/mol. The van der Waals surface area contributed by atoms with E-state index in [1.807, 2.05) is 0 Å². The molecule has 20 heavy (non-hydrogen) atoms. The number of hydrogen-bond donors (Lipinski definition) is 2. The van der Waals surface area contributed by atoms with Gasteiger partial charge in [-0.3, -0.25) is 9.69 Å². The zero-order chi connectivity index (χ0) is 14.1. The molecule has 0 spiro atoms. The molecule has 4 atom stereocenters. The molecule has 2 bridgehead atoms. The molecule has 2 saturated carbocycles. The fourth-order valence-corrected chi connectivity index (χ4v) is 4.63. The molecule has 0 aromatic rings. The van der Waals surface area contributed by atoms with Gasteiger partial charge in [-0.25, -0.2) is 0 Å². The zero-order valence-corrected chi connectivity index (χ0v) is 12.7. The number of nitrogens with one attached hydrogen (secondary N) is 1. The van der Waals surface area contributed by atoms with Gasteiger partial charge in [-0.15, -0.1) is 0 Å². The molecule has 1 heterocycles. The summed E-state index contributed by atoms with van der Waals surface area (Å²) in [7, 11) is 0. The first-order chi connectivity index (χ1) is 9.61. The Morgan fingerprint density at radius 3 is 2.60 bits per heavy atom. The second-order valence-electron chi connectivity index (χ2n) is 7.31. The zero-order valence-electron chi connectivity index (χ0n) is 12.7. The highest BCUT2D eigenvalue weighted by Crippen LogP contribution is 2.49. The molecule has 0 aromatic heterocycles. The highest BCUT2D eigenvalue weighted by molar-refractivity contribution is 5.78. The van der Waals surface area contributed by atoms with Gasteiger partial charge in [-0.05, 0) is 56.8 Å². The molecule has 1 saturated heterocycles. The van der Waals surface area contributed by atoms with Gasteiger partial charge in [0.25, 0.3) is 0 Å². The predicted molar refractivity (Wildman–Crippen MR) is 80.2 cm³/mol. The summed E-state index contributed by atoms with van der Waals surface area (Å²) in [5.41, 5.74) is 5.90. The van der Waals surface area contributed by atoms with Gasteiger partial charge in [0, 0.05) is 25.2 Å². The van der Waals surface area contributed by atoms with Crippen LogP contribution >= 0.6 is 0 Å². The van der Waals surface area contributed by atoms with Crippen molar-refractivity contribution in [1.29, 1.82) is 0 Å². The van der Waals surface area contributed by atoms with E-state index >= 15 is 0 Å². The number of amides is 1. The third-order valence-electron chi connectivity index (χ3n) is 5.82. The van der Waals surface area contributed by atoms with Crippen molar-refractivity contribution in [3.05, 3.63) is 0 Å². The van der Waals surface area contributed by atoms with Crippen molar-refractivity contribution in [1.82, 2.24) is 10.2 Å². The summed E-state index contributed by atoms with van der Waals surface area (Å²) in [6.45, 7) is 4.70. The summed E-state index contributed by atoms with van der Waals surface area (Å²) in [6, 6.07) is 0.687. The van der Waals surface area contributed by atoms with Gasteiger partial charge >= 0.3 is 0 Å². The number of rotatable bonds is 4. The minimum absolute atomic E-state index is 0.204. The SMILES string of the molecule is CC(NC(=O)CN1CCC(N)CC1)C1CC2CCC1C2. The first-order valence-electron chi connectivity index (χ1n) is 8.39. The van der Waals surface area contributed by atoms with Crippen molar-refractivity contribution in [2.45, 2.75) is 57.5 Å². The highest BCUT2D eigenvalue weighted by atomic mass is 16.2. The summed E-state index contributed by atoms with van der Waals surface area (Å²) in [5, 5.41) is 3.25. The van der Waals surface area contributed by atoms with Gasteiger partial charge < -0.3 is 11.1 Å². The molecule has 114 valence electrons. The topological polar surface area (TPSA) is 58.4 Å². The summed E-state index contributed by atoms with van der Waals surface area (Å²) < 4.78 is 0. The molecule has 1 amide bonds. The predicted octanol–water partition coefficient (Wildman–Crippen LogP) is 1.35. The van der Waals surface area contributed by atoms with Crippen LogP contribution in [0.2, 0.25) is 0 Å². The molecule has 0 aromatic carbocycles. The van der Waals surface area contributed by atoms with Crippen molar-refractivity contribution in [2.24, 2.45) is 23.5 Å². The molecule has 2 aliphatic carbocycles. The second-order valence-corrected chi connectivity index (χ2v) is 7.31. The van der Waals surface area contributed by atoms with Gasteiger partial charge in [-0.1, -0.05) is 6.42 Å². The fourth-order valence-electron chi connectivity index (χ4n) is 4.63. The van der Waals surface area contributed by atoms with Gasteiger partial charge in [0.05, 0.1) is 6.54 Å². The minimum Gasteiger partial charge on any atom is -0.352 e. The van der Waals surface area contributed by atoms with Crippen LogP contribution in [-0.4, -0.2) is 42.5 Å². The molecule has 3 rings (SSSR count). The fraction of sp³-hybridized carbons (Fsp3) is 0.938. The van der Waals surface area contributed by atoms with Crippen molar-refractivity contribution < 1.29 is 4.79 Å². The Kier molecular flexibility index (Phi) is 4.32. The van der Waals surface area contributed by atoms with Crippen LogP contribution in [0.1, 0.15) is 45.4 Å². The van der Waals surface area contributed by atoms with Crippen LogP contribution in [0.5, 0.6) is 0 Å². The number of carbonyl (C=O) groups excluding carboxylic acids is 1.